The van der Waals surface area contributed by atoms with E-state index >= 15 is 0 Å². The summed E-state index contributed by atoms with van der Waals surface area (Å²) in [6.07, 6.45) is 0.974. The molecule has 1 aromatic heterocycles. The zero-order valence-electron chi connectivity index (χ0n) is 14.8. The summed E-state index contributed by atoms with van der Waals surface area (Å²) in [5, 5.41) is 8.98. The molecule has 4 heteroatoms. The Kier molecular flexibility index (Phi) is 6.73. The van der Waals surface area contributed by atoms with Gasteiger partial charge in [0.05, 0.1) is 16.4 Å². The molecule has 1 N–H and O–H groups in total. The first kappa shape index (κ1) is 18.5. The molecule has 1 aromatic rings. The Hall–Kier alpha value is -0.540. The fourth-order valence-electron chi connectivity index (χ4n) is 2.53. The number of nitrogens with zero attached hydrogens (tertiary/aromatic N) is 2. The Bertz CT molecular complexity index is 444. The van der Waals surface area contributed by atoms with Crippen LogP contribution in [0.15, 0.2) is 0 Å². The number of nitrogens with one attached hydrogen (secondary N) is 1. The standard InChI is InChI=1S/C17H32ClN3/c1-8-21-15(16(18)13(4)20-21)9-14(17(5,6)7)11-19-10-12(2)3/h12,14,19H,8-11H2,1-7H3. The average molecular weight is 314 g/mol. The van der Waals surface area contributed by atoms with Crippen LogP contribution in [-0.2, 0) is 13.0 Å². The summed E-state index contributed by atoms with van der Waals surface area (Å²) in [6.45, 7) is 18.5. The second kappa shape index (κ2) is 7.64. The van der Waals surface area contributed by atoms with Crippen molar-refractivity contribution in [2.45, 2.75) is 61.4 Å². The van der Waals surface area contributed by atoms with Gasteiger partial charge in [-0.3, -0.25) is 4.68 Å². The van der Waals surface area contributed by atoms with Crippen molar-refractivity contribution < 1.29 is 0 Å². The van der Waals surface area contributed by atoms with E-state index in [1.165, 1.54) is 5.69 Å². The number of hydrogen-bond donors (Lipinski definition) is 1. The van der Waals surface area contributed by atoms with Crippen LogP contribution in [0.1, 0.15) is 52.9 Å². The molecule has 1 heterocycles. The minimum Gasteiger partial charge on any atom is -0.316 e. The Morgan fingerprint density at radius 3 is 2.33 bits per heavy atom. The molecule has 3 nitrogen and oxygen atoms in total. The highest BCUT2D eigenvalue weighted by Crippen LogP contribution is 2.32. The van der Waals surface area contributed by atoms with Crippen molar-refractivity contribution in [3.8, 4) is 0 Å². The largest absolute Gasteiger partial charge is 0.316 e. The maximum atomic E-state index is 6.47. The van der Waals surface area contributed by atoms with Crippen LogP contribution in [0.2, 0.25) is 5.02 Å². The molecule has 0 saturated carbocycles. The minimum absolute atomic E-state index is 0.240. The van der Waals surface area contributed by atoms with Crippen LogP contribution in [0, 0.1) is 24.2 Å². The highest BCUT2D eigenvalue weighted by atomic mass is 35.5. The highest BCUT2D eigenvalue weighted by Gasteiger charge is 2.27. The third-order valence-corrected chi connectivity index (χ3v) is 4.55. The lowest BCUT2D eigenvalue weighted by Crippen LogP contribution is -2.35. The van der Waals surface area contributed by atoms with Crippen molar-refractivity contribution in [2.75, 3.05) is 13.1 Å². The van der Waals surface area contributed by atoms with Crippen molar-refractivity contribution in [3.05, 3.63) is 16.4 Å². The van der Waals surface area contributed by atoms with Crippen molar-refractivity contribution in [1.29, 1.82) is 0 Å². The van der Waals surface area contributed by atoms with Crippen LogP contribution in [0.5, 0.6) is 0 Å². The van der Waals surface area contributed by atoms with Crippen LogP contribution < -0.4 is 5.32 Å². The van der Waals surface area contributed by atoms with Crippen LogP contribution in [0.4, 0.5) is 0 Å². The monoisotopic (exact) mass is 313 g/mol. The van der Waals surface area contributed by atoms with E-state index < -0.39 is 0 Å². The van der Waals surface area contributed by atoms with E-state index in [-0.39, 0.29) is 5.41 Å². The van der Waals surface area contributed by atoms with Gasteiger partial charge in [-0.2, -0.15) is 5.10 Å². The van der Waals surface area contributed by atoms with E-state index in [1.54, 1.807) is 0 Å². The number of halogens is 1. The molecule has 1 unspecified atom stereocenters. The first-order valence-electron chi connectivity index (χ1n) is 8.09. The van der Waals surface area contributed by atoms with E-state index in [0.29, 0.717) is 11.8 Å². The average Bonchev–Trinajstić information content (AvgIpc) is 2.63. The molecule has 0 aromatic carbocycles. The molecule has 0 spiro atoms. The van der Waals surface area contributed by atoms with E-state index in [2.05, 4.69) is 56.6 Å². The van der Waals surface area contributed by atoms with Crippen molar-refractivity contribution in [2.24, 2.45) is 17.3 Å². The molecule has 0 aliphatic carbocycles. The predicted octanol–water partition coefficient (Wildman–Crippen LogP) is 4.32. The molecule has 0 bridgehead atoms. The third kappa shape index (κ3) is 5.30. The molecule has 0 amide bonds. The van der Waals surface area contributed by atoms with Gasteiger partial charge >= 0.3 is 0 Å². The van der Waals surface area contributed by atoms with Gasteiger partial charge in [-0.1, -0.05) is 46.2 Å². The van der Waals surface area contributed by atoms with Crippen LogP contribution in [-0.4, -0.2) is 22.9 Å². The summed E-state index contributed by atoms with van der Waals surface area (Å²) in [5.41, 5.74) is 2.36. The van der Waals surface area contributed by atoms with Gasteiger partial charge < -0.3 is 5.32 Å². The van der Waals surface area contributed by atoms with E-state index in [0.717, 1.165) is 36.8 Å². The fraction of sp³-hybridized carbons (Fsp3) is 0.824. The van der Waals surface area contributed by atoms with Crippen molar-refractivity contribution in [3.63, 3.8) is 0 Å². The van der Waals surface area contributed by atoms with E-state index in [9.17, 15) is 0 Å². The Labute approximate surface area is 135 Å². The summed E-state index contributed by atoms with van der Waals surface area (Å²) >= 11 is 6.47. The fourth-order valence-corrected chi connectivity index (χ4v) is 2.74. The van der Waals surface area contributed by atoms with Crippen molar-refractivity contribution in [1.82, 2.24) is 15.1 Å². The zero-order chi connectivity index (χ0) is 16.2. The number of aryl methyl sites for hydroxylation is 2. The van der Waals surface area contributed by atoms with Gasteiger partial charge in [0.2, 0.25) is 0 Å². The highest BCUT2D eigenvalue weighted by molar-refractivity contribution is 6.31. The van der Waals surface area contributed by atoms with Gasteiger partial charge in [0.15, 0.2) is 0 Å². The molecule has 0 aliphatic rings. The van der Waals surface area contributed by atoms with Crippen LogP contribution >= 0.6 is 11.6 Å². The normalized spacial score (nSPS) is 14.0. The summed E-state index contributed by atoms with van der Waals surface area (Å²) in [6, 6.07) is 0. The molecule has 0 fully saturated rings. The SMILES string of the molecule is CCn1nc(C)c(Cl)c1CC(CNCC(C)C)C(C)(C)C. The first-order chi connectivity index (χ1) is 9.66. The predicted molar refractivity (Wildman–Crippen MR) is 92.0 cm³/mol. The molecule has 0 radical (unpaired) electrons. The van der Waals surface area contributed by atoms with E-state index in [4.69, 9.17) is 11.6 Å². The van der Waals surface area contributed by atoms with E-state index in [1.807, 2.05) is 6.92 Å². The maximum absolute atomic E-state index is 6.47. The molecule has 21 heavy (non-hydrogen) atoms. The Morgan fingerprint density at radius 1 is 1.24 bits per heavy atom. The third-order valence-electron chi connectivity index (χ3n) is 4.06. The van der Waals surface area contributed by atoms with Gasteiger partial charge in [0.1, 0.15) is 0 Å². The summed E-state index contributed by atoms with van der Waals surface area (Å²) in [5.74, 6) is 1.22. The van der Waals surface area contributed by atoms with Crippen molar-refractivity contribution >= 4 is 11.6 Å². The molecule has 1 atom stereocenters. The molecule has 0 aliphatic heterocycles. The second-order valence-corrected chi connectivity index (χ2v) is 7.86. The Balaban J connectivity index is 2.86. The quantitative estimate of drug-likeness (QED) is 0.812. The summed E-state index contributed by atoms with van der Waals surface area (Å²) in [4.78, 5) is 0. The summed E-state index contributed by atoms with van der Waals surface area (Å²) in [7, 11) is 0. The maximum Gasteiger partial charge on any atom is 0.0847 e. The number of hydrogen-bond acceptors (Lipinski definition) is 2. The smallest absolute Gasteiger partial charge is 0.0847 e. The van der Waals surface area contributed by atoms with Gasteiger partial charge in [0.25, 0.3) is 0 Å². The molecule has 0 saturated heterocycles. The number of rotatable bonds is 7. The first-order valence-corrected chi connectivity index (χ1v) is 8.47. The minimum atomic E-state index is 0.240. The molecule has 122 valence electrons. The lowest BCUT2D eigenvalue weighted by Gasteiger charge is -2.31. The van der Waals surface area contributed by atoms with Gasteiger partial charge in [-0.15, -0.1) is 0 Å². The molecule has 1 rings (SSSR count). The topological polar surface area (TPSA) is 29.9 Å². The van der Waals surface area contributed by atoms with Gasteiger partial charge in [0, 0.05) is 6.54 Å². The van der Waals surface area contributed by atoms with Gasteiger partial charge in [-0.25, -0.2) is 0 Å². The van der Waals surface area contributed by atoms with Crippen LogP contribution in [0.3, 0.4) is 0 Å². The zero-order valence-corrected chi connectivity index (χ0v) is 15.5. The molecular formula is C17H32ClN3. The molecular weight excluding hydrogens is 282 g/mol. The number of aromatic nitrogens is 2. The second-order valence-electron chi connectivity index (χ2n) is 7.48. The summed E-state index contributed by atoms with van der Waals surface area (Å²) < 4.78 is 2.05. The van der Waals surface area contributed by atoms with Gasteiger partial charge in [-0.05, 0) is 50.6 Å². The Morgan fingerprint density at radius 2 is 1.86 bits per heavy atom. The van der Waals surface area contributed by atoms with Crippen LogP contribution in [0.25, 0.3) is 0 Å². The lowest BCUT2D eigenvalue weighted by molar-refractivity contribution is 0.225. The lowest BCUT2D eigenvalue weighted by atomic mass is 9.78.